The maximum atomic E-state index is 14.1. The molecule has 0 spiro atoms. The molecule has 0 saturated carbocycles. The number of para-hydroxylation sites is 1. The molecule has 0 fully saturated rings. The molecule has 0 saturated heterocycles. The molecule has 3 aromatic rings. The van der Waals surface area contributed by atoms with Crippen molar-refractivity contribution in [2.45, 2.75) is 58.7 Å². The topological polar surface area (TPSA) is 86.8 Å². The monoisotopic (exact) mass is 583 g/mol. The van der Waals surface area contributed by atoms with Gasteiger partial charge in [0, 0.05) is 24.0 Å². The van der Waals surface area contributed by atoms with Crippen molar-refractivity contribution in [3.8, 4) is 0 Å². The summed E-state index contributed by atoms with van der Waals surface area (Å²) in [5.41, 5.74) is 2.92. The Morgan fingerprint density at radius 1 is 0.900 bits per heavy atom. The Morgan fingerprint density at radius 2 is 1.52 bits per heavy atom. The van der Waals surface area contributed by atoms with Crippen LogP contribution in [0.1, 0.15) is 43.9 Å². The van der Waals surface area contributed by atoms with Gasteiger partial charge >= 0.3 is 0 Å². The fourth-order valence-corrected chi connectivity index (χ4v) is 5.44. The Kier molecular flexibility index (Phi) is 11.2. The van der Waals surface area contributed by atoms with Gasteiger partial charge in [-0.05, 0) is 54.7 Å². The first-order valence-electron chi connectivity index (χ1n) is 13.5. The van der Waals surface area contributed by atoms with E-state index < -0.39 is 28.5 Å². The van der Waals surface area contributed by atoms with Crippen molar-refractivity contribution in [1.29, 1.82) is 0 Å². The smallest absolute Gasteiger partial charge is 0.244 e. The van der Waals surface area contributed by atoms with Crippen LogP contribution < -0.4 is 9.62 Å². The van der Waals surface area contributed by atoms with E-state index in [2.05, 4.69) is 5.32 Å². The second kappa shape index (κ2) is 14.3. The van der Waals surface area contributed by atoms with Crippen molar-refractivity contribution in [2.75, 3.05) is 17.1 Å². The van der Waals surface area contributed by atoms with Gasteiger partial charge in [-0.3, -0.25) is 13.9 Å². The number of sulfonamides is 1. The molecule has 0 radical (unpaired) electrons. The maximum absolute atomic E-state index is 14.1. The van der Waals surface area contributed by atoms with Crippen molar-refractivity contribution >= 4 is 39.1 Å². The number of amides is 2. The lowest BCUT2D eigenvalue weighted by Gasteiger charge is -2.34. The zero-order valence-electron chi connectivity index (χ0n) is 23.5. The van der Waals surface area contributed by atoms with Crippen LogP contribution in [0.2, 0.25) is 5.02 Å². The molecular formula is C31H38ClN3O4S. The fourth-order valence-electron chi connectivity index (χ4n) is 4.43. The molecule has 7 nitrogen and oxygen atoms in total. The lowest BCUT2D eigenvalue weighted by Crippen LogP contribution is -2.54. The van der Waals surface area contributed by atoms with Crippen LogP contribution in [0, 0.1) is 0 Å². The first kappa shape index (κ1) is 31.2. The van der Waals surface area contributed by atoms with E-state index in [1.165, 1.54) is 4.90 Å². The highest BCUT2D eigenvalue weighted by Gasteiger charge is 2.33. The summed E-state index contributed by atoms with van der Waals surface area (Å²) in [5.74, 6) is -0.771. The molecular weight excluding hydrogens is 546 g/mol. The summed E-state index contributed by atoms with van der Waals surface area (Å²) in [6, 6.07) is 22.7. The van der Waals surface area contributed by atoms with Crippen LogP contribution in [-0.4, -0.2) is 50.0 Å². The minimum atomic E-state index is -3.82. The Labute approximate surface area is 243 Å². The lowest BCUT2D eigenvalue weighted by molar-refractivity contribution is -0.140. The number of hydrogen-bond acceptors (Lipinski definition) is 4. The fraction of sp³-hybridized carbons (Fsp3) is 0.355. The third-order valence-corrected chi connectivity index (χ3v) is 8.24. The van der Waals surface area contributed by atoms with E-state index in [0.29, 0.717) is 17.1 Å². The van der Waals surface area contributed by atoms with Gasteiger partial charge in [0.25, 0.3) is 0 Å². The molecule has 214 valence electrons. The number of carbonyl (C=O) groups excluding carboxylic acids is 2. The molecule has 0 aromatic heterocycles. The van der Waals surface area contributed by atoms with Crippen LogP contribution >= 0.6 is 11.6 Å². The minimum absolute atomic E-state index is 0.0952. The normalized spacial score (nSPS) is 12.8. The third-order valence-electron chi connectivity index (χ3n) is 6.86. The first-order valence-corrected chi connectivity index (χ1v) is 15.7. The van der Waals surface area contributed by atoms with Gasteiger partial charge in [0.15, 0.2) is 0 Å². The van der Waals surface area contributed by atoms with E-state index in [0.717, 1.165) is 33.7 Å². The van der Waals surface area contributed by atoms with Gasteiger partial charge in [-0.15, -0.1) is 0 Å². The van der Waals surface area contributed by atoms with E-state index >= 15 is 0 Å². The largest absolute Gasteiger partial charge is 0.352 e. The number of benzene rings is 3. The molecule has 40 heavy (non-hydrogen) atoms. The van der Waals surface area contributed by atoms with Crippen LogP contribution in [0.25, 0.3) is 0 Å². The van der Waals surface area contributed by atoms with Gasteiger partial charge in [0.1, 0.15) is 12.6 Å². The Hall–Kier alpha value is -3.36. The highest BCUT2D eigenvalue weighted by atomic mass is 35.5. The van der Waals surface area contributed by atoms with E-state index in [-0.39, 0.29) is 24.9 Å². The zero-order chi connectivity index (χ0) is 29.3. The number of carbonyl (C=O) groups is 2. The van der Waals surface area contributed by atoms with Gasteiger partial charge in [0.05, 0.1) is 11.9 Å². The highest BCUT2D eigenvalue weighted by Crippen LogP contribution is 2.25. The van der Waals surface area contributed by atoms with E-state index in [1.54, 1.807) is 36.4 Å². The molecule has 0 aliphatic rings. The molecule has 0 heterocycles. The Balaban J connectivity index is 2.07. The maximum Gasteiger partial charge on any atom is 0.244 e. The summed E-state index contributed by atoms with van der Waals surface area (Å²) in [6.45, 7) is 5.49. The number of nitrogens with one attached hydrogen (secondary N) is 1. The second-order valence-electron chi connectivity index (χ2n) is 9.92. The molecule has 0 unspecified atom stereocenters. The molecule has 0 aliphatic carbocycles. The molecule has 1 N–H and O–H groups in total. The van der Waals surface area contributed by atoms with Gasteiger partial charge in [-0.1, -0.05) is 86.1 Å². The molecule has 2 amide bonds. The number of halogens is 1. The molecule has 9 heteroatoms. The number of aryl methyl sites for hydroxylation is 1. The predicted octanol–water partition coefficient (Wildman–Crippen LogP) is 5.22. The van der Waals surface area contributed by atoms with Crippen LogP contribution in [0.4, 0.5) is 5.69 Å². The third kappa shape index (κ3) is 8.57. The zero-order valence-corrected chi connectivity index (χ0v) is 25.1. The molecule has 2 atom stereocenters. The summed E-state index contributed by atoms with van der Waals surface area (Å²) in [6.07, 6.45) is 2.68. The van der Waals surface area contributed by atoms with Gasteiger partial charge in [0.2, 0.25) is 21.8 Å². The SMILES string of the molecule is CCc1ccccc1N(CC(=O)N(Cc1ccc(Cl)cc1)[C@H](Cc1ccccc1)C(=O)N[C@@H](C)CC)S(C)(=O)=O. The highest BCUT2D eigenvalue weighted by molar-refractivity contribution is 7.92. The van der Waals surface area contributed by atoms with Crippen molar-refractivity contribution in [1.82, 2.24) is 10.2 Å². The number of hydrogen-bond donors (Lipinski definition) is 1. The predicted molar refractivity (Wildman–Crippen MR) is 162 cm³/mol. The second-order valence-corrected chi connectivity index (χ2v) is 12.3. The Morgan fingerprint density at radius 3 is 2.12 bits per heavy atom. The van der Waals surface area contributed by atoms with E-state index in [9.17, 15) is 18.0 Å². The van der Waals surface area contributed by atoms with Crippen molar-refractivity contribution in [2.24, 2.45) is 0 Å². The lowest BCUT2D eigenvalue weighted by atomic mass is 10.0. The minimum Gasteiger partial charge on any atom is -0.352 e. The molecule has 3 aromatic carbocycles. The number of nitrogens with zero attached hydrogens (tertiary/aromatic N) is 2. The average Bonchev–Trinajstić information content (AvgIpc) is 2.94. The summed E-state index contributed by atoms with van der Waals surface area (Å²) in [7, 11) is -3.82. The quantitative estimate of drug-likeness (QED) is 0.299. The summed E-state index contributed by atoms with van der Waals surface area (Å²) in [4.78, 5) is 29.3. The van der Waals surface area contributed by atoms with Crippen LogP contribution in [-0.2, 0) is 39.0 Å². The van der Waals surface area contributed by atoms with Crippen LogP contribution in [0.5, 0.6) is 0 Å². The standard InChI is InChI=1S/C31H38ClN3O4S/c1-5-23(3)33-31(37)29(20-24-12-8-7-9-13-24)34(21-25-16-18-27(32)19-17-25)30(36)22-35(40(4,38)39)28-15-11-10-14-26(28)6-2/h7-19,23,29H,5-6,20-22H2,1-4H3,(H,33,37)/t23-,29+/m0/s1. The van der Waals surface area contributed by atoms with Gasteiger partial charge in [-0.25, -0.2) is 8.42 Å². The van der Waals surface area contributed by atoms with Crippen LogP contribution in [0.15, 0.2) is 78.9 Å². The Bertz CT molecular complexity index is 1380. The van der Waals surface area contributed by atoms with E-state index in [4.69, 9.17) is 11.6 Å². The van der Waals surface area contributed by atoms with Crippen molar-refractivity contribution in [3.63, 3.8) is 0 Å². The summed E-state index contributed by atoms with van der Waals surface area (Å²) < 4.78 is 27.1. The van der Waals surface area contributed by atoms with Crippen molar-refractivity contribution in [3.05, 3.63) is 101 Å². The molecule has 3 rings (SSSR count). The number of rotatable bonds is 13. The molecule has 0 bridgehead atoms. The van der Waals surface area contributed by atoms with Crippen molar-refractivity contribution < 1.29 is 18.0 Å². The summed E-state index contributed by atoms with van der Waals surface area (Å²) in [5, 5.41) is 3.58. The first-order chi connectivity index (χ1) is 19.0. The van der Waals surface area contributed by atoms with E-state index in [1.807, 2.05) is 63.2 Å². The van der Waals surface area contributed by atoms with Gasteiger partial charge < -0.3 is 10.2 Å². The van der Waals surface area contributed by atoms with Crippen LogP contribution in [0.3, 0.4) is 0 Å². The number of anilines is 1. The average molecular weight is 584 g/mol. The van der Waals surface area contributed by atoms with Gasteiger partial charge in [-0.2, -0.15) is 0 Å². The molecule has 0 aliphatic heterocycles. The summed E-state index contributed by atoms with van der Waals surface area (Å²) >= 11 is 6.10.